The molecule has 1 saturated heterocycles. The summed E-state index contributed by atoms with van der Waals surface area (Å²) < 4.78 is 10.0. The minimum Gasteiger partial charge on any atom is -0.465 e. The average Bonchev–Trinajstić information content (AvgIpc) is 3.05. The Bertz CT molecular complexity index is 660. The summed E-state index contributed by atoms with van der Waals surface area (Å²) in [6.07, 6.45) is 0. The Morgan fingerprint density at radius 3 is 2.57 bits per heavy atom. The van der Waals surface area contributed by atoms with Gasteiger partial charge in [-0.1, -0.05) is 5.16 Å². The van der Waals surface area contributed by atoms with Crippen LogP contribution >= 0.6 is 0 Å². The standard InChI is InChI=1S/C16H20N4O3/c1-19-7-9-20(10-8-19)11-14-17-15(23-18-14)12-3-5-13(6-4-12)16(21)22-2/h3-6H,7-11H2,1-2H3. The van der Waals surface area contributed by atoms with Gasteiger partial charge in [-0.25, -0.2) is 4.79 Å². The average molecular weight is 316 g/mol. The van der Waals surface area contributed by atoms with E-state index in [1.807, 2.05) is 0 Å². The molecule has 7 nitrogen and oxygen atoms in total. The third kappa shape index (κ3) is 3.75. The van der Waals surface area contributed by atoms with Gasteiger partial charge in [-0.3, -0.25) is 4.90 Å². The van der Waals surface area contributed by atoms with Crippen LogP contribution in [0.5, 0.6) is 0 Å². The summed E-state index contributed by atoms with van der Waals surface area (Å²) in [6, 6.07) is 6.93. The summed E-state index contributed by atoms with van der Waals surface area (Å²) in [5.41, 5.74) is 1.28. The zero-order valence-corrected chi connectivity index (χ0v) is 13.4. The molecule has 7 heteroatoms. The first-order valence-electron chi connectivity index (χ1n) is 7.58. The SMILES string of the molecule is COC(=O)c1ccc(-c2nc(CN3CCN(C)CC3)no2)cc1. The van der Waals surface area contributed by atoms with Crippen molar-refractivity contribution in [2.24, 2.45) is 0 Å². The maximum atomic E-state index is 11.4. The van der Waals surface area contributed by atoms with Crippen LogP contribution in [0.4, 0.5) is 0 Å². The molecule has 0 amide bonds. The van der Waals surface area contributed by atoms with Gasteiger partial charge in [0.25, 0.3) is 5.89 Å². The Morgan fingerprint density at radius 1 is 1.22 bits per heavy atom. The lowest BCUT2D eigenvalue weighted by molar-refractivity contribution is 0.0600. The van der Waals surface area contributed by atoms with Gasteiger partial charge in [0, 0.05) is 31.7 Å². The fraction of sp³-hybridized carbons (Fsp3) is 0.438. The number of hydrogen-bond acceptors (Lipinski definition) is 7. The van der Waals surface area contributed by atoms with Crippen molar-refractivity contribution in [3.05, 3.63) is 35.7 Å². The van der Waals surface area contributed by atoms with Crippen LogP contribution < -0.4 is 0 Å². The lowest BCUT2D eigenvalue weighted by atomic mass is 10.1. The van der Waals surface area contributed by atoms with Gasteiger partial charge >= 0.3 is 5.97 Å². The molecule has 0 aliphatic carbocycles. The Morgan fingerprint density at radius 2 is 1.91 bits per heavy atom. The highest BCUT2D eigenvalue weighted by atomic mass is 16.5. The van der Waals surface area contributed by atoms with Crippen molar-refractivity contribution in [3.63, 3.8) is 0 Å². The van der Waals surface area contributed by atoms with Crippen molar-refractivity contribution in [1.29, 1.82) is 0 Å². The molecule has 3 rings (SSSR count). The molecule has 0 atom stereocenters. The van der Waals surface area contributed by atoms with Crippen LogP contribution in [0.3, 0.4) is 0 Å². The molecule has 0 radical (unpaired) electrons. The topological polar surface area (TPSA) is 71.7 Å². The molecule has 0 unspecified atom stereocenters. The second-order valence-electron chi connectivity index (χ2n) is 5.66. The zero-order chi connectivity index (χ0) is 16.2. The number of piperazine rings is 1. The number of hydrogen-bond donors (Lipinski definition) is 0. The van der Waals surface area contributed by atoms with E-state index in [0.717, 1.165) is 31.7 Å². The van der Waals surface area contributed by atoms with Crippen LogP contribution in [0.2, 0.25) is 0 Å². The number of benzene rings is 1. The fourth-order valence-electron chi connectivity index (χ4n) is 2.51. The van der Waals surface area contributed by atoms with Crippen molar-refractivity contribution in [2.45, 2.75) is 6.54 Å². The number of ether oxygens (including phenoxy) is 1. The van der Waals surface area contributed by atoms with Crippen molar-refractivity contribution in [1.82, 2.24) is 19.9 Å². The molecule has 2 heterocycles. The fourth-order valence-corrected chi connectivity index (χ4v) is 2.51. The van der Waals surface area contributed by atoms with E-state index in [2.05, 4.69) is 31.7 Å². The zero-order valence-electron chi connectivity index (χ0n) is 13.4. The van der Waals surface area contributed by atoms with Crippen molar-refractivity contribution in [2.75, 3.05) is 40.3 Å². The predicted molar refractivity (Wildman–Crippen MR) is 83.8 cm³/mol. The van der Waals surface area contributed by atoms with Gasteiger partial charge in [0.2, 0.25) is 0 Å². The van der Waals surface area contributed by atoms with Crippen LogP contribution in [0.1, 0.15) is 16.2 Å². The first kappa shape index (κ1) is 15.6. The minimum atomic E-state index is -0.363. The highest BCUT2D eigenvalue weighted by molar-refractivity contribution is 5.89. The maximum Gasteiger partial charge on any atom is 0.337 e. The highest BCUT2D eigenvalue weighted by Gasteiger charge is 2.17. The number of likely N-dealkylation sites (N-methyl/N-ethyl adjacent to an activating group) is 1. The van der Waals surface area contributed by atoms with E-state index in [9.17, 15) is 4.79 Å². The molecule has 1 aromatic carbocycles. The molecule has 0 bridgehead atoms. The van der Waals surface area contributed by atoms with Crippen LogP contribution in [0.15, 0.2) is 28.8 Å². The van der Waals surface area contributed by atoms with Gasteiger partial charge in [0.1, 0.15) is 0 Å². The molecule has 1 fully saturated rings. The number of carbonyl (C=O) groups excluding carboxylic acids is 1. The van der Waals surface area contributed by atoms with Gasteiger partial charge < -0.3 is 14.2 Å². The second-order valence-corrected chi connectivity index (χ2v) is 5.66. The summed E-state index contributed by atoms with van der Waals surface area (Å²) >= 11 is 0. The molecule has 0 saturated carbocycles. The van der Waals surface area contributed by atoms with E-state index >= 15 is 0 Å². The number of rotatable bonds is 4. The molecule has 122 valence electrons. The smallest absolute Gasteiger partial charge is 0.337 e. The van der Waals surface area contributed by atoms with Crippen LogP contribution in [-0.2, 0) is 11.3 Å². The lowest BCUT2D eigenvalue weighted by Crippen LogP contribution is -2.44. The summed E-state index contributed by atoms with van der Waals surface area (Å²) in [5, 5.41) is 4.05. The first-order valence-corrected chi connectivity index (χ1v) is 7.58. The number of carbonyl (C=O) groups is 1. The molecule has 1 aliphatic rings. The van der Waals surface area contributed by atoms with Gasteiger partial charge in [-0.2, -0.15) is 4.98 Å². The Hall–Kier alpha value is -2.25. The van der Waals surface area contributed by atoms with E-state index in [4.69, 9.17) is 4.52 Å². The molecular weight excluding hydrogens is 296 g/mol. The number of aromatic nitrogens is 2. The van der Waals surface area contributed by atoms with Crippen molar-refractivity contribution < 1.29 is 14.1 Å². The first-order chi connectivity index (χ1) is 11.2. The second kappa shape index (κ2) is 6.89. The van der Waals surface area contributed by atoms with Gasteiger partial charge in [0.15, 0.2) is 5.82 Å². The lowest BCUT2D eigenvalue weighted by Gasteiger charge is -2.31. The Balaban J connectivity index is 1.65. The number of methoxy groups -OCH3 is 1. The minimum absolute atomic E-state index is 0.363. The molecule has 2 aromatic rings. The molecule has 23 heavy (non-hydrogen) atoms. The van der Waals surface area contributed by atoms with Crippen molar-refractivity contribution >= 4 is 5.97 Å². The maximum absolute atomic E-state index is 11.4. The molecule has 1 aliphatic heterocycles. The summed E-state index contributed by atoms with van der Waals surface area (Å²) in [6.45, 7) is 4.82. The van der Waals surface area contributed by atoms with E-state index in [-0.39, 0.29) is 5.97 Å². The summed E-state index contributed by atoms with van der Waals surface area (Å²) in [5.74, 6) is 0.782. The molecular formula is C16H20N4O3. The number of esters is 1. The van der Waals surface area contributed by atoms with Crippen LogP contribution in [-0.4, -0.2) is 66.2 Å². The van der Waals surface area contributed by atoms with E-state index < -0.39 is 0 Å². The number of nitrogens with zero attached hydrogens (tertiary/aromatic N) is 4. The molecule has 0 spiro atoms. The van der Waals surface area contributed by atoms with Crippen LogP contribution in [0, 0.1) is 0 Å². The third-order valence-electron chi connectivity index (χ3n) is 3.98. The molecule has 1 aromatic heterocycles. The predicted octanol–water partition coefficient (Wildman–Crippen LogP) is 1.27. The van der Waals surface area contributed by atoms with Gasteiger partial charge in [0.05, 0.1) is 19.2 Å². The summed E-state index contributed by atoms with van der Waals surface area (Å²) in [4.78, 5) is 20.5. The summed E-state index contributed by atoms with van der Waals surface area (Å²) in [7, 11) is 3.49. The van der Waals surface area contributed by atoms with Gasteiger partial charge in [-0.05, 0) is 31.3 Å². The molecule has 0 N–H and O–H groups in total. The normalized spacial score (nSPS) is 16.4. The third-order valence-corrected chi connectivity index (χ3v) is 3.98. The van der Waals surface area contributed by atoms with Crippen LogP contribution in [0.25, 0.3) is 11.5 Å². The monoisotopic (exact) mass is 316 g/mol. The quantitative estimate of drug-likeness (QED) is 0.787. The van der Waals surface area contributed by atoms with E-state index in [1.54, 1.807) is 24.3 Å². The Labute approximate surface area is 134 Å². The largest absolute Gasteiger partial charge is 0.465 e. The van der Waals surface area contributed by atoms with E-state index in [0.29, 0.717) is 23.8 Å². The van der Waals surface area contributed by atoms with Crippen molar-refractivity contribution in [3.8, 4) is 11.5 Å². The Kier molecular flexibility index (Phi) is 4.68. The highest BCUT2D eigenvalue weighted by Crippen LogP contribution is 2.18. The van der Waals surface area contributed by atoms with Gasteiger partial charge in [-0.15, -0.1) is 0 Å². The van der Waals surface area contributed by atoms with E-state index in [1.165, 1.54) is 7.11 Å².